The number of carbonyl (C=O) groups excluding carboxylic acids is 1. The van der Waals surface area contributed by atoms with Crippen LogP contribution in [0.5, 0.6) is 5.75 Å². The third-order valence-electron chi connectivity index (χ3n) is 2.86. The molecule has 0 saturated carbocycles. The van der Waals surface area contributed by atoms with Gasteiger partial charge in [0.05, 0.1) is 17.5 Å². The first-order valence-corrected chi connectivity index (χ1v) is 6.48. The summed E-state index contributed by atoms with van der Waals surface area (Å²) in [5, 5.41) is 12.8. The Balaban J connectivity index is 1.80. The summed E-state index contributed by atoms with van der Waals surface area (Å²) in [6, 6.07) is 1.48. The van der Waals surface area contributed by atoms with Crippen LogP contribution in [0.15, 0.2) is 18.5 Å². The molecule has 0 fully saturated rings. The number of aryl methyl sites for hydroxylation is 2. The van der Waals surface area contributed by atoms with Gasteiger partial charge in [-0.25, -0.2) is 4.98 Å². The summed E-state index contributed by atoms with van der Waals surface area (Å²) in [5.41, 5.74) is 1.30. The number of hydrogen-bond acceptors (Lipinski definition) is 5. The second kappa shape index (κ2) is 4.38. The Labute approximate surface area is 108 Å². The van der Waals surface area contributed by atoms with Gasteiger partial charge in [0.15, 0.2) is 5.13 Å². The van der Waals surface area contributed by atoms with Crippen molar-refractivity contribution in [3.63, 3.8) is 0 Å². The zero-order valence-corrected chi connectivity index (χ0v) is 10.3. The first-order valence-electron chi connectivity index (χ1n) is 5.67. The van der Waals surface area contributed by atoms with E-state index in [-0.39, 0.29) is 17.2 Å². The molecule has 1 aliphatic carbocycles. The number of nitrogens with one attached hydrogen (secondary N) is 1. The van der Waals surface area contributed by atoms with Gasteiger partial charge >= 0.3 is 0 Å². The Bertz CT molecular complexity index is 588. The standard InChI is InChI=1S/C12H11N3O2S/c16-9-6-13-5-4-7(9)11(17)15-12-14-8-2-1-3-10(8)18-12/h4-6,16H,1-3H2,(H,14,15,17). The van der Waals surface area contributed by atoms with Crippen LogP contribution in [0.2, 0.25) is 0 Å². The monoisotopic (exact) mass is 261 g/mol. The lowest BCUT2D eigenvalue weighted by Crippen LogP contribution is -2.12. The molecule has 1 amide bonds. The number of nitrogens with zero attached hydrogens (tertiary/aromatic N) is 2. The van der Waals surface area contributed by atoms with Crippen LogP contribution in [0.25, 0.3) is 0 Å². The number of hydrogen-bond donors (Lipinski definition) is 2. The van der Waals surface area contributed by atoms with Gasteiger partial charge in [0, 0.05) is 11.1 Å². The van der Waals surface area contributed by atoms with Crippen molar-refractivity contribution < 1.29 is 9.90 Å². The normalized spacial score (nSPS) is 13.3. The molecule has 0 radical (unpaired) electrons. The van der Waals surface area contributed by atoms with E-state index in [1.807, 2.05) is 0 Å². The Morgan fingerprint density at radius 2 is 2.33 bits per heavy atom. The number of aromatic hydroxyl groups is 1. The molecule has 1 aliphatic rings. The molecule has 2 heterocycles. The summed E-state index contributed by atoms with van der Waals surface area (Å²) in [6.07, 6.45) is 5.90. The molecule has 18 heavy (non-hydrogen) atoms. The molecule has 0 atom stereocenters. The van der Waals surface area contributed by atoms with Crippen molar-refractivity contribution in [1.29, 1.82) is 0 Å². The van der Waals surface area contributed by atoms with Crippen molar-refractivity contribution in [2.24, 2.45) is 0 Å². The Morgan fingerprint density at radius 1 is 1.44 bits per heavy atom. The van der Waals surface area contributed by atoms with Crippen LogP contribution in [0.4, 0.5) is 5.13 Å². The number of fused-ring (bicyclic) bond motifs is 1. The van der Waals surface area contributed by atoms with Crippen molar-refractivity contribution in [2.75, 3.05) is 5.32 Å². The van der Waals surface area contributed by atoms with Gasteiger partial charge in [0.1, 0.15) is 5.75 Å². The zero-order chi connectivity index (χ0) is 12.5. The molecule has 0 unspecified atom stereocenters. The average molecular weight is 261 g/mol. The van der Waals surface area contributed by atoms with Gasteiger partial charge in [0.2, 0.25) is 0 Å². The molecule has 6 heteroatoms. The van der Waals surface area contributed by atoms with Crippen molar-refractivity contribution in [3.8, 4) is 5.75 Å². The highest BCUT2D eigenvalue weighted by molar-refractivity contribution is 7.16. The van der Waals surface area contributed by atoms with E-state index in [1.54, 1.807) is 0 Å². The lowest BCUT2D eigenvalue weighted by molar-refractivity contribution is 0.102. The molecule has 0 saturated heterocycles. The molecule has 0 aromatic carbocycles. The zero-order valence-electron chi connectivity index (χ0n) is 9.51. The largest absolute Gasteiger partial charge is 0.505 e. The predicted molar refractivity (Wildman–Crippen MR) is 68.0 cm³/mol. The fourth-order valence-corrected chi connectivity index (χ4v) is 3.03. The Hall–Kier alpha value is -1.95. The molecule has 0 spiro atoms. The first-order chi connectivity index (χ1) is 8.74. The van der Waals surface area contributed by atoms with E-state index < -0.39 is 0 Å². The van der Waals surface area contributed by atoms with E-state index >= 15 is 0 Å². The van der Waals surface area contributed by atoms with Crippen LogP contribution in [0, 0.1) is 0 Å². The van der Waals surface area contributed by atoms with Gasteiger partial charge in [-0.1, -0.05) is 0 Å². The fourth-order valence-electron chi connectivity index (χ4n) is 1.99. The topological polar surface area (TPSA) is 75.1 Å². The average Bonchev–Trinajstić information content (AvgIpc) is 2.90. The number of carbonyl (C=O) groups is 1. The third-order valence-corrected chi connectivity index (χ3v) is 3.93. The quantitative estimate of drug-likeness (QED) is 0.866. The van der Waals surface area contributed by atoms with Crippen molar-refractivity contribution in [1.82, 2.24) is 9.97 Å². The summed E-state index contributed by atoms with van der Waals surface area (Å²) in [4.78, 5) is 21.3. The number of thiazole rings is 1. The predicted octanol–water partition coefficient (Wildman–Crippen LogP) is 1.98. The maximum absolute atomic E-state index is 11.9. The molecule has 2 N–H and O–H groups in total. The first kappa shape index (κ1) is 11.2. The summed E-state index contributed by atoms with van der Waals surface area (Å²) < 4.78 is 0. The van der Waals surface area contributed by atoms with E-state index in [1.165, 1.54) is 34.7 Å². The molecule has 3 rings (SSSR count). The summed E-state index contributed by atoms with van der Waals surface area (Å²) >= 11 is 1.51. The van der Waals surface area contributed by atoms with Gasteiger partial charge in [-0.05, 0) is 25.3 Å². The van der Waals surface area contributed by atoms with Crippen molar-refractivity contribution in [2.45, 2.75) is 19.3 Å². The SMILES string of the molecule is O=C(Nc1nc2c(s1)CCC2)c1ccncc1O. The fraction of sp³-hybridized carbons (Fsp3) is 0.250. The van der Waals surface area contributed by atoms with E-state index in [2.05, 4.69) is 15.3 Å². The van der Waals surface area contributed by atoms with Gasteiger partial charge < -0.3 is 5.11 Å². The lowest BCUT2D eigenvalue weighted by Gasteiger charge is -2.03. The molecular formula is C12H11N3O2S. The van der Waals surface area contributed by atoms with Gasteiger partial charge in [-0.15, -0.1) is 11.3 Å². The molecule has 0 bridgehead atoms. The van der Waals surface area contributed by atoms with Crippen LogP contribution >= 0.6 is 11.3 Å². The van der Waals surface area contributed by atoms with Crippen LogP contribution < -0.4 is 5.32 Å². The number of anilines is 1. The molecule has 92 valence electrons. The van der Waals surface area contributed by atoms with E-state index in [9.17, 15) is 9.90 Å². The number of rotatable bonds is 2. The number of aromatic nitrogens is 2. The minimum Gasteiger partial charge on any atom is -0.505 e. The smallest absolute Gasteiger partial charge is 0.261 e. The third kappa shape index (κ3) is 1.95. The Morgan fingerprint density at radius 3 is 3.11 bits per heavy atom. The molecule has 5 nitrogen and oxygen atoms in total. The van der Waals surface area contributed by atoms with Crippen LogP contribution in [0.3, 0.4) is 0 Å². The van der Waals surface area contributed by atoms with Crippen LogP contribution in [-0.4, -0.2) is 21.0 Å². The van der Waals surface area contributed by atoms with Gasteiger partial charge in [-0.3, -0.25) is 15.1 Å². The summed E-state index contributed by atoms with van der Waals surface area (Å²) in [6.45, 7) is 0. The van der Waals surface area contributed by atoms with E-state index in [0.717, 1.165) is 25.0 Å². The van der Waals surface area contributed by atoms with Gasteiger partial charge in [-0.2, -0.15) is 0 Å². The Kier molecular flexibility index (Phi) is 2.71. The van der Waals surface area contributed by atoms with Crippen LogP contribution in [-0.2, 0) is 12.8 Å². The highest BCUT2D eigenvalue weighted by Gasteiger charge is 2.19. The van der Waals surface area contributed by atoms with Gasteiger partial charge in [0.25, 0.3) is 5.91 Å². The molecule has 0 aliphatic heterocycles. The number of pyridine rings is 1. The van der Waals surface area contributed by atoms with Crippen molar-refractivity contribution >= 4 is 22.4 Å². The maximum atomic E-state index is 11.9. The summed E-state index contributed by atoms with van der Waals surface area (Å²) in [5.74, 6) is -0.485. The summed E-state index contributed by atoms with van der Waals surface area (Å²) in [7, 11) is 0. The number of amides is 1. The second-order valence-corrected chi connectivity index (χ2v) is 5.17. The second-order valence-electron chi connectivity index (χ2n) is 4.09. The van der Waals surface area contributed by atoms with Crippen molar-refractivity contribution in [3.05, 3.63) is 34.6 Å². The minimum atomic E-state index is -0.359. The molecule has 2 aromatic heterocycles. The molecular weight excluding hydrogens is 250 g/mol. The van der Waals surface area contributed by atoms with E-state index in [0.29, 0.717) is 5.13 Å². The van der Waals surface area contributed by atoms with Crippen LogP contribution in [0.1, 0.15) is 27.3 Å². The molecule has 2 aromatic rings. The highest BCUT2D eigenvalue weighted by atomic mass is 32.1. The minimum absolute atomic E-state index is 0.126. The highest BCUT2D eigenvalue weighted by Crippen LogP contribution is 2.30. The van der Waals surface area contributed by atoms with E-state index in [4.69, 9.17) is 0 Å². The lowest BCUT2D eigenvalue weighted by atomic mass is 10.2. The maximum Gasteiger partial charge on any atom is 0.261 e.